The molecule has 4 heterocycles. The summed E-state index contributed by atoms with van der Waals surface area (Å²) in [7, 11) is 3.73. The lowest BCUT2D eigenvalue weighted by Crippen LogP contribution is -2.42. The van der Waals surface area contributed by atoms with E-state index in [1.807, 2.05) is 44.4 Å². The predicted octanol–water partition coefficient (Wildman–Crippen LogP) is 3.40. The van der Waals surface area contributed by atoms with Crippen LogP contribution in [0.25, 0.3) is 11.4 Å². The molecule has 1 amide bonds. The third-order valence-electron chi connectivity index (χ3n) is 5.91. The van der Waals surface area contributed by atoms with E-state index in [1.165, 1.54) is 0 Å². The Bertz CT molecular complexity index is 1010. The number of nitrogens with zero attached hydrogens (tertiary/aromatic N) is 5. The van der Waals surface area contributed by atoms with Crippen molar-refractivity contribution in [2.75, 3.05) is 38.6 Å². The summed E-state index contributed by atoms with van der Waals surface area (Å²) < 4.78 is 5.72. The SMILES string of the molecule is CC1CCN(C(CNC(=O)c2cnc(N(C)C)nc2-c2ccccn2)c2ccco2)CC1. The topological polar surface area (TPSA) is 87.4 Å². The second-order valence-corrected chi connectivity index (χ2v) is 8.50. The summed E-state index contributed by atoms with van der Waals surface area (Å²) in [5.41, 5.74) is 1.55. The fourth-order valence-corrected chi connectivity index (χ4v) is 3.97. The van der Waals surface area contributed by atoms with E-state index >= 15 is 0 Å². The van der Waals surface area contributed by atoms with Crippen molar-refractivity contribution in [1.82, 2.24) is 25.2 Å². The highest BCUT2D eigenvalue weighted by Crippen LogP contribution is 2.27. The smallest absolute Gasteiger partial charge is 0.255 e. The quantitative estimate of drug-likeness (QED) is 0.610. The molecule has 32 heavy (non-hydrogen) atoms. The molecular formula is C24H30N6O2. The van der Waals surface area contributed by atoms with E-state index in [0.29, 0.717) is 29.4 Å². The van der Waals surface area contributed by atoms with Crippen molar-refractivity contribution in [1.29, 1.82) is 0 Å². The molecule has 8 heteroatoms. The minimum absolute atomic E-state index is 0.0123. The van der Waals surface area contributed by atoms with Crippen LogP contribution < -0.4 is 10.2 Å². The molecule has 0 aliphatic carbocycles. The predicted molar refractivity (Wildman–Crippen MR) is 123 cm³/mol. The van der Waals surface area contributed by atoms with E-state index in [4.69, 9.17) is 4.42 Å². The van der Waals surface area contributed by atoms with Gasteiger partial charge in [-0.05, 0) is 56.1 Å². The minimum atomic E-state index is -0.224. The molecule has 0 radical (unpaired) electrons. The maximum atomic E-state index is 13.2. The van der Waals surface area contributed by atoms with Gasteiger partial charge in [-0.3, -0.25) is 14.7 Å². The van der Waals surface area contributed by atoms with E-state index in [1.54, 1.807) is 23.6 Å². The van der Waals surface area contributed by atoms with Gasteiger partial charge in [0.05, 0.1) is 23.6 Å². The Morgan fingerprint density at radius 1 is 1.22 bits per heavy atom. The number of furan rings is 1. The van der Waals surface area contributed by atoms with Gasteiger partial charge in [0.1, 0.15) is 11.5 Å². The van der Waals surface area contributed by atoms with Crippen molar-refractivity contribution in [3.05, 3.63) is 60.3 Å². The molecule has 4 rings (SSSR count). The maximum Gasteiger partial charge on any atom is 0.255 e. The lowest BCUT2D eigenvalue weighted by molar-refractivity contribution is 0.0895. The molecular weight excluding hydrogens is 404 g/mol. The number of hydrogen-bond donors (Lipinski definition) is 1. The summed E-state index contributed by atoms with van der Waals surface area (Å²) in [4.78, 5) is 30.8. The van der Waals surface area contributed by atoms with Crippen LogP contribution >= 0.6 is 0 Å². The summed E-state index contributed by atoms with van der Waals surface area (Å²) in [5.74, 6) is 1.89. The van der Waals surface area contributed by atoms with Crippen LogP contribution in [0.1, 0.15) is 41.9 Å². The number of anilines is 1. The summed E-state index contributed by atoms with van der Waals surface area (Å²) in [6.07, 6.45) is 7.25. The van der Waals surface area contributed by atoms with Crippen molar-refractivity contribution < 1.29 is 9.21 Å². The summed E-state index contributed by atoms with van der Waals surface area (Å²) >= 11 is 0. The van der Waals surface area contributed by atoms with Crippen molar-refractivity contribution in [2.45, 2.75) is 25.8 Å². The van der Waals surface area contributed by atoms with Crippen LogP contribution in [0.2, 0.25) is 0 Å². The zero-order chi connectivity index (χ0) is 22.5. The van der Waals surface area contributed by atoms with Gasteiger partial charge in [-0.25, -0.2) is 9.97 Å². The molecule has 3 aromatic rings. The van der Waals surface area contributed by atoms with Crippen molar-refractivity contribution in [3.8, 4) is 11.4 Å². The lowest BCUT2D eigenvalue weighted by Gasteiger charge is -2.35. The van der Waals surface area contributed by atoms with Gasteiger partial charge in [-0.15, -0.1) is 0 Å². The number of nitrogens with one attached hydrogen (secondary N) is 1. The molecule has 1 aliphatic heterocycles. The Balaban J connectivity index is 1.56. The number of hydrogen-bond acceptors (Lipinski definition) is 7. The second kappa shape index (κ2) is 9.91. The number of carbonyl (C=O) groups is 1. The fraction of sp³-hybridized carbons (Fsp3) is 0.417. The zero-order valence-corrected chi connectivity index (χ0v) is 18.9. The highest BCUT2D eigenvalue weighted by Gasteiger charge is 2.27. The Morgan fingerprint density at radius 2 is 2.03 bits per heavy atom. The number of carbonyl (C=O) groups excluding carboxylic acids is 1. The lowest BCUT2D eigenvalue weighted by atomic mass is 9.97. The maximum absolute atomic E-state index is 13.2. The van der Waals surface area contributed by atoms with Crippen LogP contribution in [-0.4, -0.2) is 59.5 Å². The molecule has 1 atom stereocenters. The third-order valence-corrected chi connectivity index (χ3v) is 5.91. The molecule has 0 aromatic carbocycles. The van der Waals surface area contributed by atoms with Gasteiger partial charge in [-0.1, -0.05) is 13.0 Å². The first-order valence-corrected chi connectivity index (χ1v) is 11.0. The standard InChI is InChI=1S/C24H30N6O2/c1-17-9-12-30(13-10-17)20(21-8-6-14-32-21)16-26-23(31)18-15-27-24(29(2)3)28-22(18)19-7-4-5-11-25-19/h4-8,11,14-15,17,20H,9-10,12-13,16H2,1-3H3,(H,26,31). The highest BCUT2D eigenvalue weighted by atomic mass is 16.3. The molecule has 1 N–H and O–H groups in total. The number of piperidine rings is 1. The number of rotatable bonds is 7. The number of pyridine rings is 1. The van der Waals surface area contributed by atoms with Crippen LogP contribution in [0.4, 0.5) is 5.95 Å². The monoisotopic (exact) mass is 434 g/mol. The van der Waals surface area contributed by atoms with E-state index in [2.05, 4.69) is 32.1 Å². The molecule has 0 bridgehead atoms. The van der Waals surface area contributed by atoms with Crippen molar-refractivity contribution in [2.24, 2.45) is 5.92 Å². The van der Waals surface area contributed by atoms with Gasteiger partial charge in [0.25, 0.3) is 5.91 Å². The first kappa shape index (κ1) is 22.0. The largest absolute Gasteiger partial charge is 0.468 e. The van der Waals surface area contributed by atoms with E-state index in [9.17, 15) is 4.79 Å². The molecule has 1 saturated heterocycles. The van der Waals surface area contributed by atoms with Gasteiger partial charge in [0.2, 0.25) is 5.95 Å². The average molecular weight is 435 g/mol. The Hall–Kier alpha value is -3.26. The number of likely N-dealkylation sites (tertiary alicyclic amines) is 1. The van der Waals surface area contributed by atoms with E-state index in [-0.39, 0.29) is 11.9 Å². The molecule has 1 aliphatic rings. The van der Waals surface area contributed by atoms with Gasteiger partial charge < -0.3 is 14.6 Å². The van der Waals surface area contributed by atoms with Crippen LogP contribution in [0, 0.1) is 5.92 Å². The molecule has 1 fully saturated rings. The van der Waals surface area contributed by atoms with Gasteiger partial charge in [0, 0.05) is 33.0 Å². The van der Waals surface area contributed by atoms with Gasteiger partial charge >= 0.3 is 0 Å². The Morgan fingerprint density at radius 3 is 2.69 bits per heavy atom. The van der Waals surface area contributed by atoms with Gasteiger partial charge in [0.15, 0.2) is 0 Å². The highest BCUT2D eigenvalue weighted by molar-refractivity contribution is 5.99. The summed E-state index contributed by atoms with van der Waals surface area (Å²) in [5, 5.41) is 3.09. The van der Waals surface area contributed by atoms with Crippen LogP contribution in [-0.2, 0) is 0 Å². The number of aromatic nitrogens is 3. The molecule has 0 saturated carbocycles. The Labute approximate surface area is 188 Å². The second-order valence-electron chi connectivity index (χ2n) is 8.50. The molecule has 3 aromatic heterocycles. The van der Waals surface area contributed by atoms with Crippen molar-refractivity contribution in [3.63, 3.8) is 0 Å². The number of amides is 1. The molecule has 8 nitrogen and oxygen atoms in total. The fourth-order valence-electron chi connectivity index (χ4n) is 3.97. The van der Waals surface area contributed by atoms with Crippen molar-refractivity contribution >= 4 is 11.9 Å². The first-order chi connectivity index (χ1) is 15.5. The average Bonchev–Trinajstić information content (AvgIpc) is 3.35. The van der Waals surface area contributed by atoms with Crippen LogP contribution in [0.3, 0.4) is 0 Å². The minimum Gasteiger partial charge on any atom is -0.468 e. The zero-order valence-electron chi connectivity index (χ0n) is 18.9. The summed E-state index contributed by atoms with van der Waals surface area (Å²) in [6, 6.07) is 9.42. The first-order valence-electron chi connectivity index (χ1n) is 11.0. The molecule has 0 spiro atoms. The van der Waals surface area contributed by atoms with E-state index in [0.717, 1.165) is 37.6 Å². The normalized spacial score (nSPS) is 16.0. The van der Waals surface area contributed by atoms with Crippen LogP contribution in [0.5, 0.6) is 0 Å². The molecule has 1 unspecified atom stereocenters. The van der Waals surface area contributed by atoms with E-state index < -0.39 is 0 Å². The summed E-state index contributed by atoms with van der Waals surface area (Å²) in [6.45, 7) is 4.71. The van der Waals surface area contributed by atoms with Crippen LogP contribution in [0.15, 0.2) is 53.4 Å². The Kier molecular flexibility index (Phi) is 6.80. The molecule has 168 valence electrons. The van der Waals surface area contributed by atoms with Gasteiger partial charge in [-0.2, -0.15) is 0 Å². The third kappa shape index (κ3) is 4.96.